The molecule has 10 heteroatoms. The Bertz CT molecular complexity index is 936. The number of pyridine rings is 1. The van der Waals surface area contributed by atoms with Crippen LogP contribution in [-0.4, -0.2) is 49.6 Å². The number of hydrogen-bond acceptors (Lipinski definition) is 6. The highest BCUT2D eigenvalue weighted by Gasteiger charge is 2.37. The van der Waals surface area contributed by atoms with E-state index in [2.05, 4.69) is 25.8 Å². The molecule has 2 aromatic rings. The van der Waals surface area contributed by atoms with Crippen LogP contribution in [0, 0.1) is 0 Å². The molecular formula is C19H26N6O3S. The van der Waals surface area contributed by atoms with Gasteiger partial charge >= 0.3 is 6.03 Å². The zero-order valence-electron chi connectivity index (χ0n) is 16.6. The number of anilines is 1. The summed E-state index contributed by atoms with van der Waals surface area (Å²) in [4.78, 5) is 16.2. The summed E-state index contributed by atoms with van der Waals surface area (Å²) >= 11 is 0. The van der Waals surface area contributed by atoms with Crippen molar-refractivity contribution in [2.45, 2.75) is 43.4 Å². The second-order valence-electron chi connectivity index (χ2n) is 7.11. The van der Waals surface area contributed by atoms with Crippen LogP contribution in [-0.2, 0) is 16.6 Å². The van der Waals surface area contributed by atoms with Crippen molar-refractivity contribution in [3.05, 3.63) is 54.4 Å². The zero-order chi connectivity index (χ0) is 21.0. The third kappa shape index (κ3) is 5.30. The molecule has 156 valence electrons. The number of sulfonamides is 1. The normalized spacial score (nSPS) is 22.4. The number of urea groups is 1. The number of carbonyl (C=O) groups is 1. The van der Waals surface area contributed by atoms with Gasteiger partial charge in [-0.2, -0.15) is 0 Å². The van der Waals surface area contributed by atoms with Crippen molar-refractivity contribution in [1.29, 1.82) is 0 Å². The topological polar surface area (TPSA) is 115 Å². The summed E-state index contributed by atoms with van der Waals surface area (Å²) in [5.74, 6) is 0. The monoisotopic (exact) mass is 418 g/mol. The van der Waals surface area contributed by atoms with Gasteiger partial charge in [-0.3, -0.25) is 10.4 Å². The summed E-state index contributed by atoms with van der Waals surface area (Å²) < 4.78 is 28.2. The molecule has 1 aromatic heterocycles. The molecule has 1 saturated heterocycles. The molecule has 3 unspecified atom stereocenters. The maximum atomic E-state index is 12.7. The van der Waals surface area contributed by atoms with Gasteiger partial charge in [0.25, 0.3) is 0 Å². The Morgan fingerprint density at radius 3 is 2.52 bits per heavy atom. The SMILES string of the molecule is CC1NN(C)C(C)C1NS(=O)(=O)c1ccc(NC(=O)NCc2cccnc2)cc1. The molecular weight excluding hydrogens is 392 g/mol. The van der Waals surface area contributed by atoms with Crippen molar-refractivity contribution < 1.29 is 13.2 Å². The van der Waals surface area contributed by atoms with Crippen LogP contribution in [0.5, 0.6) is 0 Å². The molecule has 1 aromatic carbocycles. The first-order chi connectivity index (χ1) is 13.8. The number of rotatable bonds is 6. The fourth-order valence-electron chi connectivity index (χ4n) is 3.20. The van der Waals surface area contributed by atoms with Crippen molar-refractivity contribution >= 4 is 21.7 Å². The van der Waals surface area contributed by atoms with E-state index in [4.69, 9.17) is 0 Å². The number of nitrogens with zero attached hydrogens (tertiary/aromatic N) is 2. The summed E-state index contributed by atoms with van der Waals surface area (Å²) in [7, 11) is -1.79. The van der Waals surface area contributed by atoms with E-state index < -0.39 is 10.0 Å². The van der Waals surface area contributed by atoms with E-state index in [0.717, 1.165) is 5.56 Å². The predicted molar refractivity (Wildman–Crippen MR) is 110 cm³/mol. The van der Waals surface area contributed by atoms with Gasteiger partial charge in [-0.05, 0) is 49.7 Å². The van der Waals surface area contributed by atoms with Gasteiger partial charge in [-0.1, -0.05) is 6.07 Å². The number of benzene rings is 1. The first-order valence-corrected chi connectivity index (χ1v) is 10.8. The van der Waals surface area contributed by atoms with Crippen LogP contribution < -0.4 is 20.8 Å². The van der Waals surface area contributed by atoms with Crippen molar-refractivity contribution in [3.63, 3.8) is 0 Å². The molecule has 0 saturated carbocycles. The minimum absolute atomic E-state index is 0.0178. The quantitative estimate of drug-likeness (QED) is 0.562. The van der Waals surface area contributed by atoms with Gasteiger partial charge in [-0.15, -0.1) is 0 Å². The van der Waals surface area contributed by atoms with Crippen LogP contribution in [0.25, 0.3) is 0 Å². The Hall–Kier alpha value is -2.53. The number of hydrazine groups is 1. The first kappa shape index (κ1) is 21.2. The molecule has 3 rings (SSSR count). The third-order valence-electron chi connectivity index (χ3n) is 4.97. The lowest BCUT2D eigenvalue weighted by atomic mass is 10.1. The van der Waals surface area contributed by atoms with Crippen molar-refractivity contribution in [2.24, 2.45) is 0 Å². The number of amides is 2. The van der Waals surface area contributed by atoms with Gasteiger partial charge < -0.3 is 10.6 Å². The van der Waals surface area contributed by atoms with E-state index in [1.54, 1.807) is 30.6 Å². The number of hydrogen-bond donors (Lipinski definition) is 4. The van der Waals surface area contributed by atoms with Gasteiger partial charge in [-0.25, -0.2) is 22.9 Å². The molecule has 1 aliphatic heterocycles. The number of carbonyl (C=O) groups excluding carboxylic acids is 1. The lowest BCUT2D eigenvalue weighted by Crippen LogP contribution is -2.46. The van der Waals surface area contributed by atoms with Crippen molar-refractivity contribution in [2.75, 3.05) is 12.4 Å². The summed E-state index contributed by atoms with van der Waals surface area (Å²) in [6, 6.07) is 9.09. The minimum Gasteiger partial charge on any atom is -0.334 e. The summed E-state index contributed by atoms with van der Waals surface area (Å²) in [5.41, 5.74) is 4.57. The molecule has 9 nitrogen and oxygen atoms in total. The second-order valence-corrected chi connectivity index (χ2v) is 8.82. The van der Waals surface area contributed by atoms with Gasteiger partial charge in [0.05, 0.1) is 10.9 Å². The molecule has 3 atom stereocenters. The summed E-state index contributed by atoms with van der Waals surface area (Å²) in [5, 5.41) is 7.30. The Kier molecular flexibility index (Phi) is 6.48. The Morgan fingerprint density at radius 1 is 1.21 bits per heavy atom. The smallest absolute Gasteiger partial charge is 0.319 e. The van der Waals surface area contributed by atoms with E-state index in [1.807, 2.05) is 32.0 Å². The molecule has 2 heterocycles. The van der Waals surface area contributed by atoms with Gasteiger partial charge in [0.1, 0.15) is 0 Å². The van der Waals surface area contributed by atoms with E-state index in [9.17, 15) is 13.2 Å². The molecule has 1 aliphatic rings. The standard InChI is InChI=1S/C19H26N6O3S/c1-13-18(14(2)25(3)23-13)24-29(27,28)17-8-6-16(7-9-17)22-19(26)21-12-15-5-4-10-20-11-15/h4-11,13-14,18,23-24H,12H2,1-3H3,(H2,21,22,26). The maximum absolute atomic E-state index is 12.7. The molecule has 0 radical (unpaired) electrons. The number of nitrogens with one attached hydrogen (secondary N) is 4. The first-order valence-electron chi connectivity index (χ1n) is 9.31. The van der Waals surface area contributed by atoms with Crippen LogP contribution >= 0.6 is 0 Å². The molecule has 0 spiro atoms. The van der Waals surface area contributed by atoms with Gasteiger partial charge in [0.2, 0.25) is 10.0 Å². The van der Waals surface area contributed by atoms with Crippen LogP contribution in [0.3, 0.4) is 0 Å². The van der Waals surface area contributed by atoms with E-state index >= 15 is 0 Å². The van der Waals surface area contributed by atoms with Crippen LogP contribution in [0.4, 0.5) is 10.5 Å². The van der Waals surface area contributed by atoms with Crippen molar-refractivity contribution in [1.82, 2.24) is 25.5 Å². The number of aromatic nitrogens is 1. The highest BCUT2D eigenvalue weighted by molar-refractivity contribution is 7.89. The van der Waals surface area contributed by atoms with Crippen LogP contribution in [0.15, 0.2) is 53.7 Å². The minimum atomic E-state index is -3.68. The average Bonchev–Trinajstić information content (AvgIpc) is 2.93. The highest BCUT2D eigenvalue weighted by atomic mass is 32.2. The fourth-order valence-corrected chi connectivity index (χ4v) is 4.59. The van der Waals surface area contributed by atoms with E-state index in [1.165, 1.54) is 12.1 Å². The summed E-state index contributed by atoms with van der Waals surface area (Å²) in [6.45, 7) is 4.24. The third-order valence-corrected chi connectivity index (χ3v) is 6.44. The van der Waals surface area contributed by atoms with Crippen LogP contribution in [0.2, 0.25) is 0 Å². The molecule has 0 aliphatic carbocycles. The van der Waals surface area contributed by atoms with Gasteiger partial charge in [0.15, 0.2) is 0 Å². The molecule has 4 N–H and O–H groups in total. The zero-order valence-corrected chi connectivity index (χ0v) is 17.4. The summed E-state index contributed by atoms with van der Waals surface area (Å²) in [6.07, 6.45) is 3.34. The fraction of sp³-hybridized carbons (Fsp3) is 0.368. The lowest BCUT2D eigenvalue weighted by Gasteiger charge is -2.21. The second kappa shape index (κ2) is 8.87. The molecule has 29 heavy (non-hydrogen) atoms. The predicted octanol–water partition coefficient (Wildman–Crippen LogP) is 1.28. The van der Waals surface area contributed by atoms with E-state index in [-0.39, 0.29) is 29.1 Å². The Balaban J connectivity index is 1.58. The van der Waals surface area contributed by atoms with Crippen molar-refractivity contribution in [3.8, 4) is 0 Å². The number of likely N-dealkylation sites (N-methyl/N-ethyl adjacent to an activating group) is 1. The maximum Gasteiger partial charge on any atom is 0.319 e. The Morgan fingerprint density at radius 2 is 1.93 bits per heavy atom. The van der Waals surface area contributed by atoms with Crippen LogP contribution in [0.1, 0.15) is 19.4 Å². The highest BCUT2D eigenvalue weighted by Crippen LogP contribution is 2.18. The lowest BCUT2D eigenvalue weighted by molar-refractivity contribution is 0.237. The van der Waals surface area contributed by atoms with E-state index in [0.29, 0.717) is 12.2 Å². The average molecular weight is 419 g/mol. The molecule has 0 bridgehead atoms. The Labute approximate surface area is 170 Å². The molecule has 2 amide bonds. The van der Waals surface area contributed by atoms with Gasteiger partial charge in [0, 0.05) is 43.8 Å². The largest absolute Gasteiger partial charge is 0.334 e. The molecule has 1 fully saturated rings.